The van der Waals surface area contributed by atoms with Crippen LogP contribution in [-0.4, -0.2) is 47.3 Å². The molecule has 0 aromatic carbocycles. The molecule has 1 aromatic rings. The van der Waals surface area contributed by atoms with Crippen molar-refractivity contribution >= 4 is 27.8 Å². The van der Waals surface area contributed by atoms with Gasteiger partial charge in [-0.1, -0.05) is 6.07 Å². The van der Waals surface area contributed by atoms with Crippen LogP contribution < -0.4 is 4.90 Å². The van der Waals surface area contributed by atoms with Gasteiger partial charge in [0.2, 0.25) is 0 Å². The summed E-state index contributed by atoms with van der Waals surface area (Å²) in [5.74, 6) is 0.895. The van der Waals surface area contributed by atoms with E-state index in [1.165, 1.54) is 4.90 Å². The number of aromatic nitrogens is 1. The molecule has 0 atom stereocenters. The molecule has 1 saturated heterocycles. The minimum atomic E-state index is -0.839. The van der Waals surface area contributed by atoms with Crippen LogP contribution in [0.2, 0.25) is 0 Å². The molecule has 0 aliphatic carbocycles. The van der Waals surface area contributed by atoms with Crippen molar-refractivity contribution in [2.75, 3.05) is 31.1 Å². The third-order valence-corrected chi connectivity index (χ3v) is 3.23. The number of pyridine rings is 1. The van der Waals surface area contributed by atoms with Crippen LogP contribution in [0.1, 0.15) is 6.42 Å². The molecule has 5 nitrogen and oxygen atoms in total. The molecule has 2 rings (SSSR count). The standard InChI is InChI=1S/C11H14BrN3O2/c12-9-3-1-4-10(13-9)14-5-2-6-15(8-7-14)11(16)17/h1,3-4H,2,5-8H2,(H,16,17). The topological polar surface area (TPSA) is 56.7 Å². The first-order valence-corrected chi connectivity index (χ1v) is 6.31. The SMILES string of the molecule is O=C(O)N1CCCN(c2cccc(Br)n2)CC1. The summed E-state index contributed by atoms with van der Waals surface area (Å²) in [7, 11) is 0. The van der Waals surface area contributed by atoms with Crippen LogP contribution in [0.25, 0.3) is 0 Å². The van der Waals surface area contributed by atoms with E-state index in [-0.39, 0.29) is 0 Å². The lowest BCUT2D eigenvalue weighted by Crippen LogP contribution is -2.34. The maximum absolute atomic E-state index is 10.9. The molecule has 92 valence electrons. The Hall–Kier alpha value is -1.30. The van der Waals surface area contributed by atoms with Crippen LogP contribution in [0.5, 0.6) is 0 Å². The second-order valence-corrected chi connectivity index (χ2v) is 4.74. The van der Waals surface area contributed by atoms with Gasteiger partial charge in [0.05, 0.1) is 0 Å². The molecule has 0 unspecified atom stereocenters. The van der Waals surface area contributed by atoms with Crippen molar-refractivity contribution in [2.45, 2.75) is 6.42 Å². The monoisotopic (exact) mass is 299 g/mol. The average Bonchev–Trinajstić information content (AvgIpc) is 2.54. The summed E-state index contributed by atoms with van der Waals surface area (Å²) in [5, 5.41) is 8.95. The second-order valence-electron chi connectivity index (χ2n) is 3.93. The zero-order chi connectivity index (χ0) is 12.3. The van der Waals surface area contributed by atoms with E-state index in [1.807, 2.05) is 18.2 Å². The van der Waals surface area contributed by atoms with Crippen molar-refractivity contribution in [1.29, 1.82) is 0 Å². The maximum Gasteiger partial charge on any atom is 0.407 e. The molecule has 0 bridgehead atoms. The number of nitrogens with zero attached hydrogens (tertiary/aromatic N) is 3. The number of rotatable bonds is 1. The highest BCUT2D eigenvalue weighted by Gasteiger charge is 2.18. The Labute approximate surface area is 108 Å². The molecule has 0 saturated carbocycles. The number of anilines is 1. The summed E-state index contributed by atoms with van der Waals surface area (Å²) in [6.07, 6.45) is -0.00502. The van der Waals surface area contributed by atoms with Gasteiger partial charge in [0.25, 0.3) is 0 Å². The number of hydrogen-bond donors (Lipinski definition) is 1. The molecular weight excluding hydrogens is 286 g/mol. The zero-order valence-corrected chi connectivity index (χ0v) is 10.9. The molecule has 1 N–H and O–H groups in total. The molecule has 0 spiro atoms. The smallest absolute Gasteiger partial charge is 0.407 e. The predicted octanol–water partition coefficient (Wildman–Crippen LogP) is 2.03. The minimum Gasteiger partial charge on any atom is -0.465 e. The van der Waals surface area contributed by atoms with E-state index in [4.69, 9.17) is 5.11 Å². The largest absolute Gasteiger partial charge is 0.465 e. The van der Waals surface area contributed by atoms with E-state index in [2.05, 4.69) is 25.8 Å². The van der Waals surface area contributed by atoms with E-state index in [0.717, 1.165) is 23.4 Å². The van der Waals surface area contributed by atoms with Crippen molar-refractivity contribution in [2.24, 2.45) is 0 Å². The lowest BCUT2D eigenvalue weighted by molar-refractivity contribution is 0.148. The Morgan fingerprint density at radius 3 is 2.82 bits per heavy atom. The Morgan fingerprint density at radius 2 is 2.12 bits per heavy atom. The molecule has 1 aliphatic rings. The van der Waals surface area contributed by atoms with E-state index in [1.54, 1.807) is 0 Å². The number of carboxylic acid groups (broad SMARTS) is 1. The van der Waals surface area contributed by atoms with Crippen LogP contribution in [-0.2, 0) is 0 Å². The molecular formula is C11H14BrN3O2. The van der Waals surface area contributed by atoms with Gasteiger partial charge >= 0.3 is 6.09 Å². The van der Waals surface area contributed by atoms with Crippen LogP contribution in [0.15, 0.2) is 22.8 Å². The Morgan fingerprint density at radius 1 is 1.29 bits per heavy atom. The van der Waals surface area contributed by atoms with Gasteiger partial charge in [-0.05, 0) is 34.5 Å². The maximum atomic E-state index is 10.9. The fraction of sp³-hybridized carbons (Fsp3) is 0.455. The Balaban J connectivity index is 2.06. The fourth-order valence-corrected chi connectivity index (χ4v) is 2.25. The van der Waals surface area contributed by atoms with Crippen molar-refractivity contribution in [3.8, 4) is 0 Å². The van der Waals surface area contributed by atoms with Gasteiger partial charge in [0, 0.05) is 26.2 Å². The first kappa shape index (κ1) is 12.2. The Bertz CT molecular complexity index is 413. The molecule has 1 fully saturated rings. The van der Waals surface area contributed by atoms with Crippen LogP contribution in [0.3, 0.4) is 0 Å². The molecule has 2 heterocycles. The summed E-state index contributed by atoms with van der Waals surface area (Å²) in [6.45, 7) is 2.66. The highest BCUT2D eigenvalue weighted by molar-refractivity contribution is 9.10. The molecule has 1 aliphatic heterocycles. The van der Waals surface area contributed by atoms with Crippen molar-refractivity contribution in [1.82, 2.24) is 9.88 Å². The summed E-state index contributed by atoms with van der Waals surface area (Å²) in [6, 6.07) is 5.76. The number of carbonyl (C=O) groups is 1. The van der Waals surface area contributed by atoms with Crippen LogP contribution in [0, 0.1) is 0 Å². The highest BCUT2D eigenvalue weighted by Crippen LogP contribution is 2.16. The first-order chi connectivity index (χ1) is 8.16. The van der Waals surface area contributed by atoms with E-state index >= 15 is 0 Å². The summed E-state index contributed by atoms with van der Waals surface area (Å²) in [4.78, 5) is 18.8. The second kappa shape index (κ2) is 5.35. The Kier molecular flexibility index (Phi) is 3.83. The third kappa shape index (κ3) is 3.09. The molecule has 1 amide bonds. The lowest BCUT2D eigenvalue weighted by Gasteiger charge is -2.21. The summed E-state index contributed by atoms with van der Waals surface area (Å²) < 4.78 is 0.800. The van der Waals surface area contributed by atoms with Gasteiger partial charge in [-0.3, -0.25) is 0 Å². The fourth-order valence-electron chi connectivity index (χ4n) is 1.91. The molecule has 17 heavy (non-hydrogen) atoms. The molecule has 6 heteroatoms. The van der Waals surface area contributed by atoms with Crippen molar-refractivity contribution < 1.29 is 9.90 Å². The number of hydrogen-bond acceptors (Lipinski definition) is 3. The predicted molar refractivity (Wildman–Crippen MR) is 68.4 cm³/mol. The lowest BCUT2D eigenvalue weighted by atomic mass is 10.3. The summed E-state index contributed by atoms with van der Waals surface area (Å²) in [5.41, 5.74) is 0. The van der Waals surface area contributed by atoms with E-state index < -0.39 is 6.09 Å². The number of halogens is 1. The number of amides is 1. The average molecular weight is 300 g/mol. The van der Waals surface area contributed by atoms with Gasteiger partial charge in [0.1, 0.15) is 10.4 Å². The van der Waals surface area contributed by atoms with E-state index in [0.29, 0.717) is 19.6 Å². The third-order valence-electron chi connectivity index (χ3n) is 2.79. The minimum absolute atomic E-state index is 0.531. The van der Waals surface area contributed by atoms with Crippen molar-refractivity contribution in [3.63, 3.8) is 0 Å². The normalized spacial score (nSPS) is 16.8. The summed E-state index contributed by atoms with van der Waals surface area (Å²) >= 11 is 3.34. The van der Waals surface area contributed by atoms with Gasteiger partial charge in [-0.2, -0.15) is 0 Å². The molecule has 1 aromatic heterocycles. The van der Waals surface area contributed by atoms with Crippen molar-refractivity contribution in [3.05, 3.63) is 22.8 Å². The van der Waals surface area contributed by atoms with Gasteiger partial charge < -0.3 is 14.9 Å². The quantitative estimate of drug-likeness (QED) is 0.806. The first-order valence-electron chi connectivity index (χ1n) is 5.52. The van der Waals surface area contributed by atoms with Crippen LogP contribution in [0.4, 0.5) is 10.6 Å². The molecule has 0 radical (unpaired) electrons. The van der Waals surface area contributed by atoms with Gasteiger partial charge in [-0.25, -0.2) is 9.78 Å². The van der Waals surface area contributed by atoms with Gasteiger partial charge in [0.15, 0.2) is 0 Å². The van der Waals surface area contributed by atoms with Crippen LogP contribution >= 0.6 is 15.9 Å². The highest BCUT2D eigenvalue weighted by atomic mass is 79.9. The zero-order valence-electron chi connectivity index (χ0n) is 9.34. The van der Waals surface area contributed by atoms with Gasteiger partial charge in [-0.15, -0.1) is 0 Å². The van der Waals surface area contributed by atoms with E-state index in [9.17, 15) is 4.79 Å².